The third-order valence-electron chi connectivity index (χ3n) is 9.04. The van der Waals surface area contributed by atoms with Gasteiger partial charge in [-0.05, 0) is 85.0 Å². The van der Waals surface area contributed by atoms with Gasteiger partial charge in [-0.3, -0.25) is 14.4 Å². The van der Waals surface area contributed by atoms with Crippen LogP contribution in [0.15, 0.2) is 40.8 Å². The Morgan fingerprint density at radius 1 is 0.957 bits per heavy atom. The molecule has 0 bridgehead atoms. The van der Waals surface area contributed by atoms with Crippen LogP contribution in [0.3, 0.4) is 0 Å². The molecule has 0 spiro atoms. The molecule has 2 N–H and O–H groups in total. The first-order valence-corrected chi connectivity index (χ1v) is 16.2. The van der Waals surface area contributed by atoms with E-state index < -0.39 is 11.5 Å². The van der Waals surface area contributed by atoms with Crippen molar-refractivity contribution in [2.45, 2.75) is 77.3 Å². The Kier molecular flexibility index (Phi) is 11.2. The summed E-state index contributed by atoms with van der Waals surface area (Å²) in [5.74, 6) is 0.676. The van der Waals surface area contributed by atoms with E-state index in [0.717, 1.165) is 28.7 Å². The Hall–Kier alpha value is -4.56. The summed E-state index contributed by atoms with van der Waals surface area (Å²) in [5.41, 5.74) is 3.98. The second-order valence-electron chi connectivity index (χ2n) is 13.2. The van der Waals surface area contributed by atoms with Crippen LogP contribution in [0.4, 0.5) is 0 Å². The van der Waals surface area contributed by atoms with Crippen molar-refractivity contribution >= 4 is 17.7 Å². The maximum absolute atomic E-state index is 13.0. The topological polar surface area (TPSA) is 144 Å². The van der Waals surface area contributed by atoms with E-state index in [1.54, 1.807) is 44.9 Å². The molecule has 3 amide bonds. The summed E-state index contributed by atoms with van der Waals surface area (Å²) in [4.78, 5) is 42.1. The Bertz CT molecular complexity index is 1580. The molecule has 3 atom stereocenters. The molecule has 250 valence electrons. The molecule has 3 aromatic rings. The van der Waals surface area contributed by atoms with Gasteiger partial charge in [-0.1, -0.05) is 32.4 Å². The molecule has 47 heavy (non-hydrogen) atoms. The number of nitriles is 1. The minimum Gasteiger partial charge on any atom is -0.424 e. The van der Waals surface area contributed by atoms with E-state index >= 15 is 0 Å². The zero-order chi connectivity index (χ0) is 34.5. The quantitative estimate of drug-likeness (QED) is 0.302. The second-order valence-corrected chi connectivity index (χ2v) is 13.2. The molecular formula is C36H47N7O4. The smallest absolute Gasteiger partial charge is 0.253 e. The van der Waals surface area contributed by atoms with Crippen molar-refractivity contribution in [3.63, 3.8) is 0 Å². The first-order valence-electron chi connectivity index (χ1n) is 16.2. The number of fused-ring (bicyclic) bond motifs is 2. The number of aryl methyl sites for hydroxylation is 3. The third-order valence-corrected chi connectivity index (χ3v) is 9.04. The summed E-state index contributed by atoms with van der Waals surface area (Å²) in [6.45, 7) is 7.90. The highest BCUT2D eigenvalue weighted by Gasteiger charge is 2.46. The number of amides is 3. The monoisotopic (exact) mass is 641 g/mol. The maximum Gasteiger partial charge on any atom is 0.253 e. The van der Waals surface area contributed by atoms with Gasteiger partial charge in [-0.25, -0.2) is 0 Å². The highest BCUT2D eigenvalue weighted by atomic mass is 16.4. The summed E-state index contributed by atoms with van der Waals surface area (Å²) >= 11 is 0. The summed E-state index contributed by atoms with van der Waals surface area (Å²) in [6, 6.07) is 12.9. The average Bonchev–Trinajstić information content (AvgIpc) is 3.44. The van der Waals surface area contributed by atoms with E-state index in [4.69, 9.17) is 4.42 Å². The van der Waals surface area contributed by atoms with Gasteiger partial charge < -0.3 is 24.9 Å². The Morgan fingerprint density at radius 2 is 1.51 bits per heavy atom. The van der Waals surface area contributed by atoms with Crippen LogP contribution in [0.25, 0.3) is 0 Å². The van der Waals surface area contributed by atoms with Crippen LogP contribution in [0.2, 0.25) is 0 Å². The van der Waals surface area contributed by atoms with E-state index in [0.29, 0.717) is 54.5 Å². The summed E-state index contributed by atoms with van der Waals surface area (Å²) in [7, 11) is 6.91. The first kappa shape index (κ1) is 35.3. The average molecular weight is 642 g/mol. The molecule has 11 nitrogen and oxygen atoms in total. The van der Waals surface area contributed by atoms with Crippen LogP contribution in [0.1, 0.15) is 94.8 Å². The van der Waals surface area contributed by atoms with Crippen molar-refractivity contribution in [1.82, 2.24) is 30.6 Å². The molecule has 0 aliphatic heterocycles. The van der Waals surface area contributed by atoms with Crippen LogP contribution in [0, 0.1) is 24.2 Å². The van der Waals surface area contributed by atoms with Crippen LogP contribution in [0.5, 0.6) is 0 Å². The first-order chi connectivity index (χ1) is 22.3. The lowest BCUT2D eigenvalue weighted by molar-refractivity contribution is -0.120. The van der Waals surface area contributed by atoms with Gasteiger partial charge in [0.15, 0.2) is 0 Å². The number of nitrogens with one attached hydrogen (secondary N) is 2. The number of hydrogen-bond acceptors (Lipinski definition) is 8. The fraction of sp³-hybridized carbons (Fsp3) is 0.500. The lowest BCUT2D eigenvalue weighted by Crippen LogP contribution is -2.45. The highest BCUT2D eigenvalue weighted by Crippen LogP contribution is 2.48. The molecule has 2 aromatic carbocycles. The fourth-order valence-corrected chi connectivity index (χ4v) is 6.39. The third kappa shape index (κ3) is 7.71. The molecule has 1 heterocycles. The van der Waals surface area contributed by atoms with Crippen LogP contribution >= 0.6 is 0 Å². The van der Waals surface area contributed by atoms with E-state index in [1.165, 1.54) is 0 Å². The van der Waals surface area contributed by atoms with E-state index in [-0.39, 0.29) is 30.3 Å². The van der Waals surface area contributed by atoms with Crippen LogP contribution in [-0.2, 0) is 23.1 Å². The predicted octanol–water partition coefficient (Wildman–Crippen LogP) is 4.03. The minimum absolute atomic E-state index is 0.0189. The molecule has 0 saturated carbocycles. The standard InChI is InChI=1S/C36H47N7O4/c1-9-22(2)16-29(20-37)39-32(44)21-38-23(3)19-36(35-41-40-24(4)47-35)30-14-12-27(33(45)42(5)6)17-25(30)10-11-26-18-28(13-15-31(26)36)34(46)43(7)8/h12-15,17-18,22-23,29,38H,9-11,16,19,21H2,1-8H3,(H,39,44)/t22-,23-,29?/m0/s1. The van der Waals surface area contributed by atoms with Gasteiger partial charge in [0.25, 0.3) is 11.8 Å². The zero-order valence-electron chi connectivity index (χ0n) is 28.8. The lowest BCUT2D eigenvalue weighted by atomic mass is 9.68. The summed E-state index contributed by atoms with van der Waals surface area (Å²) < 4.78 is 6.25. The molecule has 1 unspecified atom stereocenters. The number of benzene rings is 2. The number of nitrogens with zero attached hydrogens (tertiary/aromatic N) is 5. The maximum atomic E-state index is 13.0. The van der Waals surface area contributed by atoms with Gasteiger partial charge in [-0.2, -0.15) is 5.26 Å². The van der Waals surface area contributed by atoms with Crippen LogP contribution < -0.4 is 10.6 Å². The number of carbonyl (C=O) groups excluding carboxylic acids is 3. The van der Waals surface area contributed by atoms with Crippen LogP contribution in [-0.4, -0.2) is 84.5 Å². The number of carbonyl (C=O) groups is 3. The summed E-state index contributed by atoms with van der Waals surface area (Å²) in [5, 5.41) is 24.6. The summed E-state index contributed by atoms with van der Waals surface area (Å²) in [6.07, 6.45) is 3.21. The zero-order valence-corrected chi connectivity index (χ0v) is 28.8. The number of rotatable bonds is 12. The lowest BCUT2D eigenvalue weighted by Gasteiger charge is -2.36. The van der Waals surface area contributed by atoms with Gasteiger partial charge in [-0.15, -0.1) is 10.2 Å². The molecule has 4 rings (SSSR count). The SMILES string of the molecule is CC[C@H](C)CC(C#N)NC(=O)CN[C@@H](C)CC1(c2nnc(C)o2)c2ccc(C(=O)N(C)C)cc2CCc2cc(C(=O)N(C)C)ccc21. The van der Waals surface area contributed by atoms with Crippen molar-refractivity contribution in [3.8, 4) is 6.07 Å². The van der Waals surface area contributed by atoms with Gasteiger partial charge >= 0.3 is 0 Å². The molecule has 1 aliphatic rings. The Balaban J connectivity index is 1.80. The highest BCUT2D eigenvalue weighted by molar-refractivity contribution is 5.95. The van der Waals surface area contributed by atoms with Crippen molar-refractivity contribution in [1.29, 1.82) is 5.26 Å². The molecule has 11 heteroatoms. The van der Waals surface area contributed by atoms with Crippen molar-refractivity contribution in [2.24, 2.45) is 5.92 Å². The van der Waals surface area contributed by atoms with Crippen molar-refractivity contribution in [2.75, 3.05) is 34.7 Å². The van der Waals surface area contributed by atoms with Crippen molar-refractivity contribution < 1.29 is 18.8 Å². The van der Waals surface area contributed by atoms with E-state index in [2.05, 4.69) is 40.7 Å². The second kappa shape index (κ2) is 14.9. The minimum atomic E-state index is -0.962. The molecule has 1 aliphatic carbocycles. The van der Waals surface area contributed by atoms with Crippen molar-refractivity contribution in [3.05, 3.63) is 81.6 Å². The van der Waals surface area contributed by atoms with E-state index in [1.807, 2.05) is 43.3 Å². The predicted molar refractivity (Wildman–Crippen MR) is 179 cm³/mol. The normalized spacial score (nSPS) is 15.2. The Labute approximate surface area is 277 Å². The van der Waals surface area contributed by atoms with Gasteiger partial charge in [0, 0.05) is 52.3 Å². The number of hydrogen-bond donors (Lipinski definition) is 2. The van der Waals surface area contributed by atoms with Gasteiger partial charge in [0.1, 0.15) is 11.5 Å². The fourth-order valence-electron chi connectivity index (χ4n) is 6.39. The molecular weight excluding hydrogens is 594 g/mol. The van der Waals surface area contributed by atoms with E-state index in [9.17, 15) is 19.6 Å². The van der Waals surface area contributed by atoms with Gasteiger partial charge in [0.2, 0.25) is 17.7 Å². The molecule has 0 radical (unpaired) electrons. The Morgan fingerprint density at radius 3 is 1.96 bits per heavy atom. The molecule has 1 aromatic heterocycles. The molecule has 0 saturated heterocycles. The largest absolute Gasteiger partial charge is 0.424 e. The number of aromatic nitrogens is 2. The van der Waals surface area contributed by atoms with Gasteiger partial charge in [0.05, 0.1) is 12.6 Å². The molecule has 0 fully saturated rings.